The molecule has 0 N–H and O–H groups in total. The van der Waals surface area contributed by atoms with Gasteiger partial charge in [-0.25, -0.2) is 0 Å². The van der Waals surface area contributed by atoms with Crippen LogP contribution < -0.4 is 5.06 Å². The van der Waals surface area contributed by atoms with Crippen molar-refractivity contribution < 1.29 is 9.63 Å². The number of carbonyl (C=O) groups is 1. The largest absolute Gasteiger partial charge is 0.298 e. The number of carbonyl (C=O) groups excluding carboxylic acids is 1. The average molecular weight is 379 g/mol. The number of hydroxylamine groups is 1. The molecule has 0 spiro atoms. The predicted molar refractivity (Wildman–Crippen MR) is 115 cm³/mol. The number of hydrogen-bond acceptors (Lipinski definition) is 3. The van der Waals surface area contributed by atoms with Gasteiger partial charge in [-0.2, -0.15) is 5.06 Å². The third-order valence-electron chi connectivity index (χ3n) is 5.42. The molecule has 1 amide bonds. The van der Waals surface area contributed by atoms with Gasteiger partial charge in [-0.1, -0.05) is 56.0 Å². The maximum Gasteiger partial charge on any atom is 0.282 e. The van der Waals surface area contributed by atoms with Crippen LogP contribution in [-0.2, 0) is 9.63 Å². The minimum absolute atomic E-state index is 0.233. The normalized spacial score (nSPS) is 19.5. The van der Waals surface area contributed by atoms with Crippen LogP contribution in [0.4, 0.5) is 5.69 Å². The van der Waals surface area contributed by atoms with Crippen LogP contribution in [0.1, 0.15) is 31.4 Å². The number of anilines is 1. The Morgan fingerprint density at radius 2 is 1.82 bits per heavy atom. The molecular weight excluding hydrogens is 348 g/mol. The summed E-state index contributed by atoms with van der Waals surface area (Å²) in [5.74, 6) is 0.478. The van der Waals surface area contributed by atoms with Gasteiger partial charge in [-0.15, -0.1) is 0 Å². The first-order valence-electron chi connectivity index (χ1n) is 9.98. The first-order chi connectivity index (χ1) is 13.5. The second-order valence-electron chi connectivity index (χ2n) is 7.75. The maximum atomic E-state index is 13.2. The number of rotatable bonds is 7. The molecule has 0 saturated carbocycles. The number of likely N-dealkylation sites (tertiary alicyclic amines) is 1. The molecule has 0 bridgehead atoms. The Hall–Kier alpha value is -2.43. The lowest BCUT2D eigenvalue weighted by Crippen LogP contribution is -2.36. The molecule has 4 heteroatoms. The number of amides is 1. The van der Waals surface area contributed by atoms with Gasteiger partial charge < -0.3 is 0 Å². The molecule has 1 saturated heterocycles. The van der Waals surface area contributed by atoms with Gasteiger partial charge in [0.25, 0.3) is 5.91 Å². The molecule has 0 aromatic heterocycles. The summed E-state index contributed by atoms with van der Waals surface area (Å²) in [5, 5.41) is 1.39. The number of benzene rings is 2. The highest BCUT2D eigenvalue weighted by Gasteiger charge is 2.27. The predicted octanol–water partition coefficient (Wildman–Crippen LogP) is 4.70. The van der Waals surface area contributed by atoms with Crippen molar-refractivity contribution in [2.45, 2.75) is 33.2 Å². The van der Waals surface area contributed by atoms with Crippen LogP contribution in [0.25, 0.3) is 5.57 Å². The van der Waals surface area contributed by atoms with E-state index in [0.717, 1.165) is 24.2 Å². The van der Waals surface area contributed by atoms with Crippen LogP contribution in [0.2, 0.25) is 0 Å². The monoisotopic (exact) mass is 378 g/mol. The average Bonchev–Trinajstić information content (AvgIpc) is 3.02. The van der Waals surface area contributed by atoms with E-state index < -0.39 is 0 Å². The number of hydrogen-bond donors (Lipinski definition) is 0. The lowest BCUT2D eigenvalue weighted by Gasteiger charge is -2.26. The third-order valence-corrected chi connectivity index (χ3v) is 5.42. The number of nitrogens with zero attached hydrogens (tertiary/aromatic N) is 2. The van der Waals surface area contributed by atoms with Crippen LogP contribution >= 0.6 is 0 Å². The van der Waals surface area contributed by atoms with E-state index >= 15 is 0 Å². The van der Waals surface area contributed by atoms with Gasteiger partial charge in [-0.3, -0.25) is 14.5 Å². The second-order valence-corrected chi connectivity index (χ2v) is 7.75. The fourth-order valence-electron chi connectivity index (χ4n) is 3.91. The second kappa shape index (κ2) is 9.18. The Kier molecular flexibility index (Phi) is 6.65. The SMILES string of the molecule is C=C(C(=O)N(OCCN1CC(C)CC1C)c1ccccc1)c1ccccc1C. The minimum atomic E-state index is -0.233. The molecule has 2 unspecified atom stereocenters. The Balaban J connectivity index is 1.73. The van der Waals surface area contributed by atoms with E-state index in [4.69, 9.17) is 4.84 Å². The van der Waals surface area contributed by atoms with E-state index in [2.05, 4.69) is 25.3 Å². The third kappa shape index (κ3) is 4.70. The van der Waals surface area contributed by atoms with Crippen molar-refractivity contribution in [1.29, 1.82) is 0 Å². The zero-order valence-corrected chi connectivity index (χ0v) is 17.1. The molecule has 4 nitrogen and oxygen atoms in total. The zero-order chi connectivity index (χ0) is 20.1. The van der Waals surface area contributed by atoms with E-state index in [1.54, 1.807) is 0 Å². The Morgan fingerprint density at radius 1 is 1.14 bits per heavy atom. The van der Waals surface area contributed by atoms with Crippen molar-refractivity contribution in [2.24, 2.45) is 5.92 Å². The van der Waals surface area contributed by atoms with Gasteiger partial charge in [0.05, 0.1) is 12.3 Å². The molecule has 0 radical (unpaired) electrons. The van der Waals surface area contributed by atoms with Gasteiger partial charge in [0, 0.05) is 24.7 Å². The highest BCUT2D eigenvalue weighted by molar-refractivity contribution is 6.25. The van der Waals surface area contributed by atoms with E-state index in [1.165, 1.54) is 11.5 Å². The quantitative estimate of drug-likeness (QED) is 0.517. The highest BCUT2D eigenvalue weighted by Crippen LogP contribution is 2.25. The maximum absolute atomic E-state index is 13.2. The van der Waals surface area contributed by atoms with Crippen molar-refractivity contribution in [3.05, 3.63) is 72.3 Å². The minimum Gasteiger partial charge on any atom is -0.298 e. The molecule has 2 aromatic carbocycles. The van der Waals surface area contributed by atoms with Crippen molar-refractivity contribution in [2.75, 3.05) is 24.8 Å². The molecule has 3 rings (SSSR count). The Bertz CT molecular complexity index is 818. The van der Waals surface area contributed by atoms with E-state index in [9.17, 15) is 4.79 Å². The summed E-state index contributed by atoms with van der Waals surface area (Å²) in [5.41, 5.74) is 3.02. The molecular formula is C24H30N2O2. The molecule has 0 aliphatic carbocycles. The standard InChI is InChI=1S/C24H30N2O2/c1-18-16-20(3)25(17-18)14-15-28-26(22-11-6-5-7-12-22)24(27)21(4)23-13-9-8-10-19(23)2/h5-13,18,20H,4,14-17H2,1-3H3. The summed E-state index contributed by atoms with van der Waals surface area (Å²) in [6.07, 6.45) is 1.21. The van der Waals surface area contributed by atoms with Crippen LogP contribution in [0.3, 0.4) is 0 Å². The number of aryl methyl sites for hydroxylation is 1. The molecule has 1 heterocycles. The number of para-hydroxylation sites is 1. The van der Waals surface area contributed by atoms with Gasteiger partial charge >= 0.3 is 0 Å². The molecule has 1 aliphatic rings. The lowest BCUT2D eigenvalue weighted by atomic mass is 10.0. The molecule has 1 aliphatic heterocycles. The summed E-state index contributed by atoms with van der Waals surface area (Å²) < 4.78 is 0. The van der Waals surface area contributed by atoms with Crippen molar-refractivity contribution in [3.8, 4) is 0 Å². The zero-order valence-electron chi connectivity index (χ0n) is 17.1. The van der Waals surface area contributed by atoms with E-state index in [1.807, 2.05) is 61.5 Å². The van der Waals surface area contributed by atoms with Gasteiger partial charge in [0.2, 0.25) is 0 Å². The van der Waals surface area contributed by atoms with Gasteiger partial charge in [-0.05, 0) is 49.4 Å². The van der Waals surface area contributed by atoms with Crippen molar-refractivity contribution in [3.63, 3.8) is 0 Å². The summed E-state index contributed by atoms with van der Waals surface area (Å²) in [7, 11) is 0. The topological polar surface area (TPSA) is 32.8 Å². The fourth-order valence-corrected chi connectivity index (χ4v) is 3.91. The molecule has 1 fully saturated rings. The van der Waals surface area contributed by atoms with Crippen molar-refractivity contribution >= 4 is 17.2 Å². The molecule has 2 atom stereocenters. The van der Waals surface area contributed by atoms with Crippen molar-refractivity contribution in [1.82, 2.24) is 4.90 Å². The molecule has 148 valence electrons. The summed E-state index contributed by atoms with van der Waals surface area (Å²) in [6.45, 7) is 12.9. The van der Waals surface area contributed by atoms with Crippen LogP contribution in [0, 0.1) is 12.8 Å². The molecule has 28 heavy (non-hydrogen) atoms. The summed E-state index contributed by atoms with van der Waals surface area (Å²) >= 11 is 0. The fraction of sp³-hybridized carbons (Fsp3) is 0.375. The lowest BCUT2D eigenvalue weighted by molar-refractivity contribution is -0.120. The Morgan fingerprint density at radius 3 is 2.46 bits per heavy atom. The summed E-state index contributed by atoms with van der Waals surface area (Å²) in [6, 6.07) is 17.8. The van der Waals surface area contributed by atoms with E-state index in [-0.39, 0.29) is 5.91 Å². The smallest absolute Gasteiger partial charge is 0.282 e. The van der Waals surface area contributed by atoms with Crippen LogP contribution in [0.5, 0.6) is 0 Å². The van der Waals surface area contributed by atoms with Crippen LogP contribution in [0.15, 0.2) is 61.2 Å². The molecule has 2 aromatic rings. The first kappa shape index (κ1) is 20.3. The highest BCUT2D eigenvalue weighted by atomic mass is 16.7. The first-order valence-corrected chi connectivity index (χ1v) is 9.98. The summed E-state index contributed by atoms with van der Waals surface area (Å²) in [4.78, 5) is 21.7. The van der Waals surface area contributed by atoms with Crippen LogP contribution in [-0.4, -0.2) is 36.5 Å². The Labute approximate surface area is 168 Å². The van der Waals surface area contributed by atoms with E-state index in [0.29, 0.717) is 29.8 Å². The van der Waals surface area contributed by atoms with Gasteiger partial charge in [0.1, 0.15) is 0 Å². The van der Waals surface area contributed by atoms with Gasteiger partial charge in [0.15, 0.2) is 0 Å².